The normalized spacial score (nSPS) is 15.4. The van der Waals surface area contributed by atoms with Crippen LogP contribution in [-0.4, -0.2) is 26.2 Å². The molecule has 0 radical (unpaired) electrons. The highest BCUT2D eigenvalue weighted by Gasteiger charge is 2.18. The molecule has 3 heterocycles. The molecule has 28 heavy (non-hydrogen) atoms. The molecule has 4 rings (SSSR count). The molecule has 3 aromatic rings. The number of nitrogens with zero attached hydrogens (tertiary/aromatic N) is 4. The summed E-state index contributed by atoms with van der Waals surface area (Å²) in [5.41, 5.74) is 10.1. The van der Waals surface area contributed by atoms with E-state index in [0.717, 1.165) is 35.3 Å². The number of hydrogen-bond acceptors (Lipinski definition) is 4. The quantitative estimate of drug-likeness (QED) is 0.700. The van der Waals surface area contributed by atoms with Gasteiger partial charge in [0.2, 0.25) is 0 Å². The van der Waals surface area contributed by atoms with Crippen LogP contribution < -0.4 is 5.43 Å². The smallest absolute Gasteiger partial charge is 0.182 e. The van der Waals surface area contributed by atoms with Gasteiger partial charge in [0.15, 0.2) is 5.17 Å². The second-order valence-corrected chi connectivity index (χ2v) is 7.72. The van der Waals surface area contributed by atoms with Crippen LogP contribution in [0.1, 0.15) is 22.5 Å². The first-order valence-electron chi connectivity index (χ1n) is 9.36. The molecule has 1 aromatic carbocycles. The third-order valence-corrected chi connectivity index (χ3v) is 5.73. The molecule has 2 aromatic heterocycles. The average molecular weight is 390 g/mol. The molecule has 0 atom stereocenters. The van der Waals surface area contributed by atoms with Gasteiger partial charge in [0, 0.05) is 35.4 Å². The van der Waals surface area contributed by atoms with Gasteiger partial charge in [-0.1, -0.05) is 42.1 Å². The largest absolute Gasteiger partial charge is 0.348 e. The number of hydrogen-bond donors (Lipinski definition) is 1. The van der Waals surface area contributed by atoms with E-state index < -0.39 is 0 Å². The number of benzene rings is 1. The van der Waals surface area contributed by atoms with Gasteiger partial charge < -0.3 is 4.57 Å². The summed E-state index contributed by atoms with van der Waals surface area (Å²) in [6.07, 6.45) is 4.52. The number of amidine groups is 1. The van der Waals surface area contributed by atoms with E-state index in [4.69, 9.17) is 0 Å². The van der Waals surface area contributed by atoms with Gasteiger partial charge in [-0.3, -0.25) is 10.4 Å². The van der Waals surface area contributed by atoms with E-state index >= 15 is 0 Å². The number of rotatable bonds is 5. The molecule has 0 saturated carbocycles. The van der Waals surface area contributed by atoms with E-state index in [9.17, 15) is 0 Å². The lowest BCUT2D eigenvalue weighted by atomic mass is 10.1. The van der Waals surface area contributed by atoms with E-state index in [1.165, 1.54) is 22.5 Å². The Hall–Kier alpha value is -2.86. The molecule has 0 spiro atoms. The van der Waals surface area contributed by atoms with Crippen molar-refractivity contribution in [3.05, 3.63) is 83.4 Å². The Kier molecular flexibility index (Phi) is 5.58. The third-order valence-electron chi connectivity index (χ3n) is 4.86. The minimum absolute atomic E-state index is 0.801. The van der Waals surface area contributed by atoms with Crippen LogP contribution in [0.4, 0.5) is 5.69 Å². The van der Waals surface area contributed by atoms with Gasteiger partial charge in [-0.2, -0.15) is 5.10 Å². The van der Waals surface area contributed by atoms with Crippen molar-refractivity contribution in [3.8, 4) is 0 Å². The molecule has 1 aliphatic rings. The van der Waals surface area contributed by atoms with Crippen molar-refractivity contribution in [2.24, 2.45) is 10.1 Å². The zero-order valence-corrected chi connectivity index (χ0v) is 16.9. The number of aromatic nitrogens is 2. The number of thioether (sulfide) groups is 1. The lowest BCUT2D eigenvalue weighted by Gasteiger charge is -2.15. The third kappa shape index (κ3) is 4.17. The molecule has 0 fully saturated rings. The number of aryl methyl sites for hydroxylation is 2. The van der Waals surface area contributed by atoms with Crippen LogP contribution in [0.15, 0.2) is 71.0 Å². The second kappa shape index (κ2) is 8.44. The van der Waals surface area contributed by atoms with Crippen LogP contribution in [0.3, 0.4) is 0 Å². The molecule has 5 nitrogen and oxygen atoms in total. The minimum Gasteiger partial charge on any atom is -0.348 e. The molecule has 142 valence electrons. The fourth-order valence-corrected chi connectivity index (χ4v) is 4.15. The highest BCUT2D eigenvalue weighted by molar-refractivity contribution is 8.14. The molecule has 0 saturated heterocycles. The summed E-state index contributed by atoms with van der Waals surface area (Å²) in [7, 11) is 0. The molecule has 1 N–H and O–H groups in total. The van der Waals surface area contributed by atoms with Crippen molar-refractivity contribution in [1.29, 1.82) is 0 Å². The second-order valence-electron chi connectivity index (χ2n) is 6.76. The van der Waals surface area contributed by atoms with Crippen LogP contribution in [0.5, 0.6) is 0 Å². The summed E-state index contributed by atoms with van der Waals surface area (Å²) in [5.74, 6) is 0.801. The zero-order valence-electron chi connectivity index (χ0n) is 16.1. The summed E-state index contributed by atoms with van der Waals surface area (Å²) in [5, 5.41) is 5.39. The fraction of sp³-hybridized carbons (Fsp3) is 0.227. The maximum atomic E-state index is 4.59. The van der Waals surface area contributed by atoms with Gasteiger partial charge >= 0.3 is 0 Å². The average Bonchev–Trinajstić information content (AvgIpc) is 3.02. The predicted molar refractivity (Wildman–Crippen MR) is 118 cm³/mol. The van der Waals surface area contributed by atoms with Gasteiger partial charge in [-0.25, -0.2) is 4.99 Å². The predicted octanol–water partition coefficient (Wildman–Crippen LogP) is 4.47. The molecule has 1 aliphatic heterocycles. The van der Waals surface area contributed by atoms with Crippen LogP contribution in [0, 0.1) is 13.8 Å². The number of nitrogens with one attached hydrogen (secondary N) is 1. The lowest BCUT2D eigenvalue weighted by Crippen LogP contribution is -2.25. The highest BCUT2D eigenvalue weighted by atomic mass is 32.2. The van der Waals surface area contributed by atoms with Crippen LogP contribution in [0.25, 0.3) is 0 Å². The first kappa shape index (κ1) is 18.5. The number of hydrazone groups is 1. The van der Waals surface area contributed by atoms with E-state index in [0.29, 0.717) is 0 Å². The Morgan fingerprint density at radius 1 is 1.14 bits per heavy atom. The summed E-state index contributed by atoms with van der Waals surface area (Å²) < 4.78 is 2.38. The summed E-state index contributed by atoms with van der Waals surface area (Å²) >= 11 is 1.67. The fourth-order valence-electron chi connectivity index (χ4n) is 3.37. The molecule has 0 bridgehead atoms. The maximum absolute atomic E-state index is 4.59. The van der Waals surface area contributed by atoms with Crippen LogP contribution in [-0.2, 0) is 13.0 Å². The Labute approximate surface area is 169 Å². The van der Waals surface area contributed by atoms with Gasteiger partial charge in [0.05, 0.1) is 17.6 Å². The van der Waals surface area contributed by atoms with Crippen LogP contribution >= 0.6 is 11.8 Å². The maximum Gasteiger partial charge on any atom is 0.182 e. The molecule has 0 aliphatic carbocycles. The number of aliphatic imine (C=N–C) groups is 1. The number of pyridine rings is 1. The van der Waals surface area contributed by atoms with E-state index in [2.05, 4.69) is 75.3 Å². The minimum atomic E-state index is 0.801. The van der Waals surface area contributed by atoms with Crippen molar-refractivity contribution in [3.63, 3.8) is 0 Å². The van der Waals surface area contributed by atoms with Crippen LogP contribution in [0.2, 0.25) is 0 Å². The van der Waals surface area contributed by atoms with Gasteiger partial charge in [0.1, 0.15) is 0 Å². The van der Waals surface area contributed by atoms with Crippen molar-refractivity contribution >= 4 is 28.3 Å². The highest BCUT2D eigenvalue weighted by Crippen LogP contribution is 2.22. The summed E-state index contributed by atoms with van der Waals surface area (Å²) in [4.78, 5) is 8.64. The molecular weight excluding hydrogens is 366 g/mol. The Morgan fingerprint density at radius 2 is 2.00 bits per heavy atom. The standard InChI is InChI=1S/C22H23N5S/c1-16-13-20(17(2)27(16)12-10-18-7-4-3-5-8-18)21-15-28-22(26-25-21)24-19-9-6-11-23-14-19/h3-9,11,13-14H,10,12,15H2,1-2H3,(H,24,26). The Morgan fingerprint density at radius 3 is 2.71 bits per heavy atom. The molecule has 6 heteroatoms. The topological polar surface area (TPSA) is 54.6 Å². The lowest BCUT2D eigenvalue weighted by molar-refractivity contribution is 0.663. The molecule has 0 amide bonds. The zero-order chi connectivity index (χ0) is 19.3. The van der Waals surface area contributed by atoms with E-state index in [1.807, 2.05) is 12.1 Å². The van der Waals surface area contributed by atoms with Crippen molar-refractivity contribution in [2.75, 3.05) is 5.75 Å². The Balaban J connectivity index is 1.48. The van der Waals surface area contributed by atoms with Gasteiger partial charge in [0.25, 0.3) is 0 Å². The first-order valence-corrected chi connectivity index (χ1v) is 10.3. The monoisotopic (exact) mass is 389 g/mol. The van der Waals surface area contributed by atoms with E-state index in [-0.39, 0.29) is 0 Å². The van der Waals surface area contributed by atoms with E-state index in [1.54, 1.807) is 24.2 Å². The molecular formula is C22H23N5S. The van der Waals surface area contributed by atoms with Crippen molar-refractivity contribution in [2.45, 2.75) is 26.8 Å². The SMILES string of the molecule is Cc1cc(C2=NNC(=Nc3cccnc3)SC2)c(C)n1CCc1ccccc1. The van der Waals surface area contributed by atoms with Crippen molar-refractivity contribution < 1.29 is 0 Å². The van der Waals surface area contributed by atoms with Crippen molar-refractivity contribution in [1.82, 2.24) is 15.0 Å². The van der Waals surface area contributed by atoms with Gasteiger partial charge in [-0.05, 0) is 44.0 Å². The molecule has 0 unspecified atom stereocenters. The summed E-state index contributed by atoms with van der Waals surface area (Å²) in [6, 6.07) is 16.7. The Bertz CT molecular complexity index is 1010. The van der Waals surface area contributed by atoms with Gasteiger partial charge in [-0.15, -0.1) is 0 Å². The first-order chi connectivity index (χ1) is 13.7. The summed E-state index contributed by atoms with van der Waals surface area (Å²) in [6.45, 7) is 5.32.